The predicted molar refractivity (Wildman–Crippen MR) is 112 cm³/mol. The van der Waals surface area contributed by atoms with Crippen LogP contribution in [0.3, 0.4) is 0 Å². The lowest BCUT2D eigenvalue weighted by Crippen LogP contribution is -2.61. The molecule has 0 spiro atoms. The fraction of sp³-hybridized carbons (Fsp3) is 0.652. The maximum absolute atomic E-state index is 10.2. The van der Waals surface area contributed by atoms with E-state index in [0.717, 1.165) is 31.2 Å². The molecule has 0 aliphatic heterocycles. The average Bonchev–Trinajstić information content (AvgIpc) is 2.66. The van der Waals surface area contributed by atoms with E-state index in [0.29, 0.717) is 17.6 Å². The quantitative estimate of drug-likeness (QED) is 0.673. The van der Waals surface area contributed by atoms with Gasteiger partial charge in [0.05, 0.1) is 0 Å². The summed E-state index contributed by atoms with van der Waals surface area (Å²) < 4.78 is 0. The molecule has 2 aliphatic rings. The second kappa shape index (κ2) is 7.74. The molecule has 146 valence electrons. The van der Waals surface area contributed by atoms with Crippen molar-refractivity contribution in [3.8, 4) is 5.75 Å². The van der Waals surface area contributed by atoms with Crippen LogP contribution in [0.2, 0.25) is 0 Å². The van der Waals surface area contributed by atoms with Crippen LogP contribution >= 0.6 is 0 Å². The highest BCUT2D eigenvalue weighted by atomic mass is 16.3. The lowest BCUT2D eigenvalue weighted by molar-refractivity contribution is 0.0458. The van der Waals surface area contributed by atoms with Gasteiger partial charge in [-0.25, -0.2) is 0 Å². The summed E-state index contributed by atoms with van der Waals surface area (Å²) in [6.07, 6.45) is 7.47. The molecule has 26 heavy (non-hydrogen) atoms. The van der Waals surface area contributed by atoms with Gasteiger partial charge >= 0.3 is 0 Å². The van der Waals surface area contributed by atoms with Gasteiger partial charge in [-0.1, -0.05) is 38.5 Å². The normalized spacial score (nSPS) is 33.6. The summed E-state index contributed by atoms with van der Waals surface area (Å²) in [6, 6.07) is 4.25. The fourth-order valence-corrected chi connectivity index (χ4v) is 5.40. The van der Waals surface area contributed by atoms with Crippen molar-refractivity contribution in [1.82, 2.24) is 0 Å². The summed E-state index contributed by atoms with van der Waals surface area (Å²) >= 11 is 0. The Balaban J connectivity index is 0.00000117. The summed E-state index contributed by atoms with van der Waals surface area (Å²) in [5.74, 6) is 1.33. The number of aromatic hydroxyl groups is 1. The van der Waals surface area contributed by atoms with E-state index in [-0.39, 0.29) is 11.0 Å². The van der Waals surface area contributed by atoms with E-state index < -0.39 is 0 Å². The number of hydrogen-bond donors (Lipinski definition) is 3. The zero-order valence-electron chi connectivity index (χ0n) is 17.5. The van der Waals surface area contributed by atoms with Crippen molar-refractivity contribution in [3.05, 3.63) is 40.5 Å². The van der Waals surface area contributed by atoms with Crippen LogP contribution in [0.5, 0.6) is 5.75 Å². The van der Waals surface area contributed by atoms with Crippen LogP contribution in [0.1, 0.15) is 76.5 Å². The Bertz CT molecular complexity index is 681. The van der Waals surface area contributed by atoms with E-state index in [9.17, 15) is 5.11 Å². The second-order valence-corrected chi connectivity index (χ2v) is 8.35. The SMILES string of the molecule is C/C=C(\C)C1(C)CCC2c3cc(CC)c(O)cc3CCC2(N)C1C.CN. The number of hydrogen-bond acceptors (Lipinski definition) is 3. The highest BCUT2D eigenvalue weighted by Gasteiger charge is 2.54. The third-order valence-corrected chi connectivity index (χ3v) is 7.62. The van der Waals surface area contributed by atoms with Crippen molar-refractivity contribution in [2.45, 2.75) is 78.2 Å². The number of allylic oxidation sites excluding steroid dienone is 2. The Labute approximate surface area is 159 Å². The van der Waals surface area contributed by atoms with Gasteiger partial charge in [-0.2, -0.15) is 0 Å². The number of rotatable bonds is 2. The summed E-state index contributed by atoms with van der Waals surface area (Å²) in [7, 11) is 1.50. The smallest absolute Gasteiger partial charge is 0.119 e. The summed E-state index contributed by atoms with van der Waals surface area (Å²) in [5, 5.41) is 10.2. The molecule has 1 aromatic rings. The van der Waals surface area contributed by atoms with Crippen molar-refractivity contribution in [1.29, 1.82) is 0 Å². The van der Waals surface area contributed by atoms with Crippen molar-refractivity contribution in [2.75, 3.05) is 7.05 Å². The first-order valence-electron chi connectivity index (χ1n) is 10.1. The van der Waals surface area contributed by atoms with E-state index in [1.807, 2.05) is 6.07 Å². The molecule has 3 heteroatoms. The minimum atomic E-state index is -0.147. The van der Waals surface area contributed by atoms with E-state index in [2.05, 4.69) is 52.5 Å². The van der Waals surface area contributed by atoms with E-state index in [1.54, 1.807) is 0 Å². The molecule has 0 heterocycles. The maximum atomic E-state index is 10.2. The van der Waals surface area contributed by atoms with E-state index in [1.165, 1.54) is 30.2 Å². The molecule has 3 rings (SSSR count). The van der Waals surface area contributed by atoms with Gasteiger partial charge in [0.2, 0.25) is 0 Å². The summed E-state index contributed by atoms with van der Waals surface area (Å²) in [6.45, 7) is 11.3. The van der Waals surface area contributed by atoms with Crippen molar-refractivity contribution >= 4 is 0 Å². The molecule has 0 saturated heterocycles. The van der Waals surface area contributed by atoms with Gasteiger partial charge in [-0.3, -0.25) is 0 Å². The maximum Gasteiger partial charge on any atom is 0.119 e. The Kier molecular flexibility index (Phi) is 6.24. The fourth-order valence-electron chi connectivity index (χ4n) is 5.40. The molecule has 1 aromatic carbocycles. The van der Waals surface area contributed by atoms with Crippen molar-refractivity contribution < 1.29 is 5.11 Å². The monoisotopic (exact) mass is 358 g/mol. The molecule has 1 fully saturated rings. The van der Waals surface area contributed by atoms with Gasteiger partial charge in [-0.15, -0.1) is 0 Å². The Morgan fingerprint density at radius 1 is 1.31 bits per heavy atom. The molecule has 0 aromatic heterocycles. The average molecular weight is 359 g/mol. The molecule has 0 amide bonds. The van der Waals surface area contributed by atoms with E-state index in [4.69, 9.17) is 5.73 Å². The van der Waals surface area contributed by atoms with Crippen LogP contribution in [0.15, 0.2) is 23.8 Å². The third kappa shape index (κ3) is 3.10. The van der Waals surface area contributed by atoms with Crippen LogP contribution in [0.4, 0.5) is 0 Å². The van der Waals surface area contributed by atoms with Gasteiger partial charge in [0.1, 0.15) is 5.75 Å². The minimum absolute atomic E-state index is 0.147. The molecule has 3 nitrogen and oxygen atoms in total. The number of fused-ring (bicyclic) bond motifs is 3. The van der Waals surface area contributed by atoms with Gasteiger partial charge in [0, 0.05) is 11.5 Å². The van der Waals surface area contributed by atoms with Gasteiger partial charge in [-0.05, 0) is 87.1 Å². The standard InChI is InChI=1S/C22H33NO.CH5N/c1-6-14(3)21(5)10-9-19-18-12-16(7-2)20(24)13-17(18)8-11-22(19,23)15(21)4;1-2/h6,12-13,15,19,24H,7-11,23H2,1-5H3;2H2,1H3/b14-6+;. The van der Waals surface area contributed by atoms with Gasteiger partial charge in [0.15, 0.2) is 0 Å². The predicted octanol–water partition coefficient (Wildman–Crippen LogP) is 4.66. The Morgan fingerprint density at radius 3 is 2.54 bits per heavy atom. The topological polar surface area (TPSA) is 72.3 Å². The first-order chi connectivity index (χ1) is 12.3. The number of aryl methyl sites for hydroxylation is 2. The van der Waals surface area contributed by atoms with Crippen LogP contribution in [-0.2, 0) is 12.8 Å². The zero-order chi connectivity index (χ0) is 19.7. The van der Waals surface area contributed by atoms with E-state index >= 15 is 0 Å². The number of phenols is 1. The zero-order valence-corrected chi connectivity index (χ0v) is 17.5. The molecule has 0 radical (unpaired) electrons. The lowest BCUT2D eigenvalue weighted by atomic mass is 9.50. The summed E-state index contributed by atoms with van der Waals surface area (Å²) in [4.78, 5) is 0. The lowest BCUT2D eigenvalue weighted by Gasteiger charge is -2.57. The van der Waals surface area contributed by atoms with Crippen molar-refractivity contribution in [3.63, 3.8) is 0 Å². The van der Waals surface area contributed by atoms with Crippen LogP contribution in [0, 0.1) is 11.3 Å². The third-order valence-electron chi connectivity index (χ3n) is 7.62. The van der Waals surface area contributed by atoms with Crippen molar-refractivity contribution in [2.24, 2.45) is 22.8 Å². The van der Waals surface area contributed by atoms with Crippen LogP contribution < -0.4 is 11.5 Å². The molecule has 1 saturated carbocycles. The Hall–Kier alpha value is -1.32. The van der Waals surface area contributed by atoms with Gasteiger partial charge < -0.3 is 16.6 Å². The first-order valence-corrected chi connectivity index (χ1v) is 10.1. The molecule has 4 unspecified atom stereocenters. The highest BCUT2D eigenvalue weighted by Crippen LogP contribution is 2.58. The van der Waals surface area contributed by atoms with Crippen LogP contribution in [-0.4, -0.2) is 17.7 Å². The second-order valence-electron chi connectivity index (χ2n) is 8.35. The number of nitrogens with two attached hydrogens (primary N) is 2. The van der Waals surface area contributed by atoms with Crippen LogP contribution in [0.25, 0.3) is 0 Å². The largest absolute Gasteiger partial charge is 0.508 e. The number of benzene rings is 1. The molecular formula is C23H38N2O. The Morgan fingerprint density at radius 2 is 1.96 bits per heavy atom. The number of phenolic OH excluding ortho intramolecular Hbond substituents is 1. The molecular weight excluding hydrogens is 320 g/mol. The molecule has 2 aliphatic carbocycles. The minimum Gasteiger partial charge on any atom is -0.508 e. The highest BCUT2D eigenvalue weighted by molar-refractivity contribution is 5.47. The molecule has 4 atom stereocenters. The molecule has 0 bridgehead atoms. The molecule has 5 N–H and O–H groups in total. The van der Waals surface area contributed by atoms with Gasteiger partial charge in [0.25, 0.3) is 0 Å². The first kappa shape index (κ1) is 21.0. The summed E-state index contributed by atoms with van der Waals surface area (Å²) in [5.41, 5.74) is 16.9.